The van der Waals surface area contributed by atoms with E-state index in [0.717, 1.165) is 12.1 Å². The van der Waals surface area contributed by atoms with Crippen LogP contribution in [0.15, 0.2) is 41.5 Å². The number of nitrogens with zero attached hydrogens (tertiary/aromatic N) is 3. The van der Waals surface area contributed by atoms with Crippen LogP contribution in [0.2, 0.25) is 0 Å². The number of halogens is 1. The summed E-state index contributed by atoms with van der Waals surface area (Å²) in [6.45, 7) is -0.284. The number of azide groups is 1. The van der Waals surface area contributed by atoms with Gasteiger partial charge in [-0.1, -0.05) is 5.11 Å². The lowest BCUT2D eigenvalue weighted by Crippen LogP contribution is -2.08. The number of amides is 1. The standard InChI is InChI=1S/C15H12FN5O4/c16-10-1-2-14(20-15(22)23)13(5-10)9-3-11(24-7-17)6-12(4-9)25-8-19-21-18/h1-7,17,20H,8H2,(H,22,23). The number of nitrogens with one attached hydrogen (secondary N) is 2. The van der Waals surface area contributed by atoms with E-state index in [1.807, 2.05) is 0 Å². The molecule has 2 aromatic carbocycles. The van der Waals surface area contributed by atoms with Crippen LogP contribution in [0, 0.1) is 11.2 Å². The van der Waals surface area contributed by atoms with Gasteiger partial charge in [-0.05, 0) is 41.4 Å². The molecule has 25 heavy (non-hydrogen) atoms. The van der Waals surface area contributed by atoms with Gasteiger partial charge in [-0.3, -0.25) is 10.7 Å². The van der Waals surface area contributed by atoms with Crippen LogP contribution in [-0.2, 0) is 0 Å². The number of hydrogen-bond donors (Lipinski definition) is 3. The Morgan fingerprint density at radius 3 is 2.80 bits per heavy atom. The van der Waals surface area contributed by atoms with Gasteiger partial charge >= 0.3 is 6.09 Å². The number of carboxylic acid groups (broad SMARTS) is 1. The minimum absolute atomic E-state index is 0.155. The smallest absolute Gasteiger partial charge is 0.409 e. The first kappa shape index (κ1) is 17.6. The lowest BCUT2D eigenvalue weighted by Gasteiger charge is -2.13. The van der Waals surface area contributed by atoms with E-state index in [2.05, 4.69) is 15.3 Å². The van der Waals surface area contributed by atoms with E-state index in [9.17, 15) is 9.18 Å². The van der Waals surface area contributed by atoms with Gasteiger partial charge in [0.25, 0.3) is 0 Å². The minimum atomic E-state index is -1.31. The molecule has 0 radical (unpaired) electrons. The van der Waals surface area contributed by atoms with Gasteiger partial charge in [-0.2, -0.15) is 0 Å². The summed E-state index contributed by atoms with van der Waals surface area (Å²) in [4.78, 5) is 13.5. The Morgan fingerprint density at radius 1 is 1.36 bits per heavy atom. The first-order valence-corrected chi connectivity index (χ1v) is 6.77. The Balaban J connectivity index is 2.52. The summed E-state index contributed by atoms with van der Waals surface area (Å²) in [5.74, 6) is -0.137. The van der Waals surface area contributed by atoms with Gasteiger partial charge < -0.3 is 14.6 Å². The molecule has 2 aromatic rings. The predicted molar refractivity (Wildman–Crippen MR) is 87.5 cm³/mol. The van der Waals surface area contributed by atoms with E-state index >= 15 is 0 Å². The molecule has 0 atom stereocenters. The van der Waals surface area contributed by atoms with Crippen molar-refractivity contribution in [1.29, 1.82) is 5.41 Å². The molecule has 2 rings (SSSR count). The van der Waals surface area contributed by atoms with Crippen molar-refractivity contribution in [3.8, 4) is 22.6 Å². The molecular formula is C15H12FN5O4. The molecule has 10 heteroatoms. The summed E-state index contributed by atoms with van der Waals surface area (Å²) in [5.41, 5.74) is 9.06. The van der Waals surface area contributed by atoms with Gasteiger partial charge in [0.1, 0.15) is 17.3 Å². The summed E-state index contributed by atoms with van der Waals surface area (Å²) >= 11 is 0. The molecule has 0 bridgehead atoms. The average Bonchev–Trinajstić information content (AvgIpc) is 2.56. The molecule has 0 aliphatic heterocycles. The molecule has 0 fully saturated rings. The number of rotatable bonds is 7. The Morgan fingerprint density at radius 2 is 2.12 bits per heavy atom. The van der Waals surface area contributed by atoms with Crippen LogP contribution in [-0.4, -0.2) is 24.3 Å². The van der Waals surface area contributed by atoms with E-state index < -0.39 is 11.9 Å². The highest BCUT2D eigenvalue weighted by molar-refractivity contribution is 5.91. The fourth-order valence-electron chi connectivity index (χ4n) is 2.06. The second-order valence-electron chi connectivity index (χ2n) is 4.55. The highest BCUT2D eigenvalue weighted by Crippen LogP contribution is 2.34. The molecule has 0 spiro atoms. The van der Waals surface area contributed by atoms with Crippen LogP contribution in [0.5, 0.6) is 11.5 Å². The molecule has 3 N–H and O–H groups in total. The molecule has 9 nitrogen and oxygen atoms in total. The average molecular weight is 345 g/mol. The third kappa shape index (κ3) is 4.85. The van der Waals surface area contributed by atoms with Gasteiger partial charge in [0.05, 0.1) is 5.69 Å². The monoisotopic (exact) mass is 345 g/mol. The second-order valence-corrected chi connectivity index (χ2v) is 4.55. The van der Waals surface area contributed by atoms with Crippen molar-refractivity contribution in [2.75, 3.05) is 12.0 Å². The number of anilines is 1. The van der Waals surface area contributed by atoms with Crippen molar-refractivity contribution in [3.63, 3.8) is 0 Å². The fraction of sp³-hybridized carbons (Fsp3) is 0.0667. The van der Waals surface area contributed by atoms with Crippen LogP contribution in [0.3, 0.4) is 0 Å². The Hall–Kier alpha value is -3.78. The normalized spacial score (nSPS) is 9.64. The van der Waals surface area contributed by atoms with Crippen molar-refractivity contribution < 1.29 is 23.8 Å². The van der Waals surface area contributed by atoms with Crippen LogP contribution in [0.4, 0.5) is 14.9 Å². The molecule has 128 valence electrons. The van der Waals surface area contributed by atoms with Crippen molar-refractivity contribution in [3.05, 3.63) is 52.7 Å². The maximum absolute atomic E-state index is 13.6. The third-order valence-corrected chi connectivity index (χ3v) is 2.96. The number of carbonyl (C=O) groups is 1. The lowest BCUT2D eigenvalue weighted by molar-refractivity contribution is 0.210. The summed E-state index contributed by atoms with van der Waals surface area (Å²) in [6.07, 6.45) is -0.613. The molecule has 1 amide bonds. The zero-order valence-electron chi connectivity index (χ0n) is 12.6. The zero-order chi connectivity index (χ0) is 18.2. The van der Waals surface area contributed by atoms with Crippen molar-refractivity contribution >= 4 is 18.2 Å². The molecule has 0 aromatic heterocycles. The zero-order valence-corrected chi connectivity index (χ0v) is 12.6. The maximum atomic E-state index is 13.6. The first-order chi connectivity index (χ1) is 12.0. The van der Waals surface area contributed by atoms with Crippen LogP contribution in [0.25, 0.3) is 21.6 Å². The largest absolute Gasteiger partial charge is 0.487 e. The van der Waals surface area contributed by atoms with Gasteiger partial charge in [0.15, 0.2) is 13.1 Å². The highest BCUT2D eigenvalue weighted by atomic mass is 19.1. The summed E-state index contributed by atoms with van der Waals surface area (Å²) in [6, 6.07) is 7.95. The van der Waals surface area contributed by atoms with Gasteiger partial charge in [0.2, 0.25) is 0 Å². The minimum Gasteiger partial charge on any atom is -0.487 e. The second kappa shape index (κ2) is 8.18. The Kier molecular flexibility index (Phi) is 5.75. The lowest BCUT2D eigenvalue weighted by atomic mass is 10.0. The van der Waals surface area contributed by atoms with Gasteiger partial charge in [-0.25, -0.2) is 9.18 Å². The quantitative estimate of drug-likeness (QED) is 0.227. The topological polar surface area (TPSA) is 140 Å². The van der Waals surface area contributed by atoms with E-state index in [1.54, 1.807) is 0 Å². The fourth-order valence-corrected chi connectivity index (χ4v) is 2.06. The molecule has 0 heterocycles. The molecule has 0 unspecified atom stereocenters. The van der Waals surface area contributed by atoms with E-state index in [0.29, 0.717) is 12.0 Å². The Labute approximate surface area is 140 Å². The van der Waals surface area contributed by atoms with Gasteiger partial charge in [0, 0.05) is 16.5 Å². The summed E-state index contributed by atoms with van der Waals surface area (Å²) in [7, 11) is 0. The molecule has 0 aliphatic rings. The Bertz CT molecular complexity index is 852. The van der Waals surface area contributed by atoms with Gasteiger partial charge in [-0.15, -0.1) is 0 Å². The number of benzene rings is 2. The number of ether oxygens (including phenoxy) is 2. The van der Waals surface area contributed by atoms with Crippen molar-refractivity contribution in [2.45, 2.75) is 0 Å². The summed E-state index contributed by atoms with van der Waals surface area (Å²) in [5, 5.41) is 21.3. The van der Waals surface area contributed by atoms with Crippen LogP contribution < -0.4 is 14.8 Å². The highest BCUT2D eigenvalue weighted by Gasteiger charge is 2.12. The van der Waals surface area contributed by atoms with Crippen molar-refractivity contribution in [2.24, 2.45) is 5.11 Å². The van der Waals surface area contributed by atoms with E-state index in [4.69, 9.17) is 25.5 Å². The number of hydrogen-bond acceptors (Lipinski definition) is 5. The predicted octanol–water partition coefficient (Wildman–Crippen LogP) is 4.22. The molecule has 0 aliphatic carbocycles. The van der Waals surface area contributed by atoms with Crippen LogP contribution in [0.1, 0.15) is 0 Å². The van der Waals surface area contributed by atoms with Crippen LogP contribution >= 0.6 is 0 Å². The van der Waals surface area contributed by atoms with Crippen molar-refractivity contribution in [1.82, 2.24) is 0 Å². The molecule has 0 saturated heterocycles. The van der Waals surface area contributed by atoms with E-state index in [-0.39, 0.29) is 29.5 Å². The molecular weight excluding hydrogens is 333 g/mol. The summed E-state index contributed by atoms with van der Waals surface area (Å²) < 4.78 is 23.9. The SMILES string of the molecule is [N-]=[N+]=NCOc1cc(OC=N)cc(-c2cc(F)ccc2NC(=O)O)c1. The maximum Gasteiger partial charge on any atom is 0.409 e. The third-order valence-electron chi connectivity index (χ3n) is 2.96. The molecule has 0 saturated carbocycles. The first-order valence-electron chi connectivity index (χ1n) is 6.77. The van der Waals surface area contributed by atoms with E-state index in [1.165, 1.54) is 24.3 Å².